The lowest BCUT2D eigenvalue weighted by Gasteiger charge is -2.26. The second kappa shape index (κ2) is 11.3. The number of alkyl halides is 6. The van der Waals surface area contributed by atoms with E-state index in [1.165, 1.54) is 15.9 Å². The Morgan fingerprint density at radius 1 is 0.583 bits per heavy atom. The van der Waals surface area contributed by atoms with Crippen LogP contribution < -0.4 is 15.9 Å². The summed E-state index contributed by atoms with van der Waals surface area (Å²) in [6, 6.07) is 33.0. The average molecular weight is 572 g/mol. The molecule has 36 heavy (non-hydrogen) atoms. The lowest BCUT2D eigenvalue weighted by atomic mass is 10.4. The van der Waals surface area contributed by atoms with Crippen LogP contribution in [0.15, 0.2) is 91.0 Å². The summed E-state index contributed by atoms with van der Waals surface area (Å²) >= 11 is 0. The number of halogens is 6. The zero-order valence-electron chi connectivity index (χ0n) is 18.5. The molecule has 0 bridgehead atoms. The minimum Gasteiger partial charge on any atom is -0.421 e. The topological polar surface area (TPSA) is 82.4 Å². The molecule has 3 aromatic rings. The summed E-state index contributed by atoms with van der Waals surface area (Å²) in [5, 5.41) is 4.39. The number of sulfonamides is 2. The van der Waals surface area contributed by atoms with Crippen LogP contribution in [-0.4, -0.2) is 34.0 Å². The van der Waals surface area contributed by atoms with Crippen LogP contribution in [0.4, 0.5) is 26.3 Å². The van der Waals surface area contributed by atoms with Crippen LogP contribution in [0.2, 0.25) is 0 Å². The third kappa shape index (κ3) is 6.64. The Morgan fingerprint density at radius 3 is 1.03 bits per heavy atom. The van der Waals surface area contributed by atoms with Crippen LogP contribution in [0.5, 0.6) is 0 Å². The van der Waals surface area contributed by atoms with Gasteiger partial charge in [-0.25, -0.2) is 16.8 Å². The number of rotatable bonds is 6. The van der Waals surface area contributed by atoms with Crippen molar-refractivity contribution in [1.29, 1.82) is 0 Å². The minimum atomic E-state index is -6.72. The first-order chi connectivity index (χ1) is 16.6. The van der Waals surface area contributed by atoms with Crippen LogP contribution >= 0.6 is 7.26 Å². The maximum atomic E-state index is 11.4. The molecular weight excluding hydrogens is 551 g/mol. The van der Waals surface area contributed by atoms with Gasteiger partial charge in [-0.2, -0.15) is 26.3 Å². The van der Waals surface area contributed by atoms with Gasteiger partial charge in [-0.05, 0) is 43.3 Å². The lowest BCUT2D eigenvalue weighted by Crippen LogP contribution is -2.32. The Bertz CT molecular complexity index is 1200. The highest BCUT2D eigenvalue weighted by molar-refractivity contribution is 8.13. The predicted octanol–water partition coefficient (Wildman–Crippen LogP) is 5.06. The van der Waals surface area contributed by atoms with Gasteiger partial charge in [0.05, 0.1) is 6.16 Å². The van der Waals surface area contributed by atoms with E-state index in [-0.39, 0.29) is 0 Å². The van der Waals surface area contributed by atoms with Crippen molar-refractivity contribution < 1.29 is 43.2 Å². The largest absolute Gasteiger partial charge is 0.480 e. The Hall–Kier alpha value is -2.47. The normalized spacial score (nSPS) is 13.0. The van der Waals surface area contributed by atoms with E-state index in [2.05, 4.69) is 97.9 Å². The summed E-state index contributed by atoms with van der Waals surface area (Å²) in [6.07, 6.45) is 1.14. The molecule has 0 N–H and O–H groups in total. The van der Waals surface area contributed by atoms with Crippen molar-refractivity contribution >= 4 is 43.2 Å². The molecule has 5 nitrogen and oxygen atoms in total. The molecule has 0 radical (unpaired) electrons. The Kier molecular flexibility index (Phi) is 9.33. The van der Waals surface area contributed by atoms with Gasteiger partial charge in [0.15, 0.2) is 20.0 Å². The monoisotopic (exact) mass is 571 g/mol. The predicted molar refractivity (Wildman–Crippen MR) is 129 cm³/mol. The van der Waals surface area contributed by atoms with Crippen molar-refractivity contribution in [1.82, 2.24) is 0 Å². The van der Waals surface area contributed by atoms with E-state index >= 15 is 0 Å². The zero-order chi connectivity index (χ0) is 27.3. The standard InChI is InChI=1S/C20H20P.C2F6NO4S2/c1-2-21(18-12-6-3-7-13-18,19-14-8-4-9-15-19)20-16-10-5-11-17-20;3-1(4,5)14(10,11)9-15(12,13)2(6,7)8/h3-17H,2H2,1H3;/q+1;-1. The Labute approximate surface area is 205 Å². The van der Waals surface area contributed by atoms with Crippen LogP contribution in [0.1, 0.15) is 6.92 Å². The van der Waals surface area contributed by atoms with E-state index in [9.17, 15) is 43.2 Å². The van der Waals surface area contributed by atoms with Crippen LogP contribution in [-0.2, 0) is 20.0 Å². The molecule has 196 valence electrons. The summed E-state index contributed by atoms with van der Waals surface area (Å²) in [4.78, 5) is 0. The molecular formula is C22H20F6NO4PS2. The maximum Gasteiger partial charge on any atom is 0.480 e. The first kappa shape index (κ1) is 29.8. The summed E-state index contributed by atoms with van der Waals surface area (Å²) < 4.78 is 109. The van der Waals surface area contributed by atoms with Crippen LogP contribution in [0, 0.1) is 0 Å². The number of hydrogen-bond donors (Lipinski definition) is 0. The molecule has 0 saturated heterocycles. The van der Waals surface area contributed by atoms with Crippen LogP contribution in [0.25, 0.3) is 4.13 Å². The van der Waals surface area contributed by atoms with Gasteiger partial charge < -0.3 is 4.13 Å². The van der Waals surface area contributed by atoms with Gasteiger partial charge in [-0.15, -0.1) is 0 Å². The van der Waals surface area contributed by atoms with Gasteiger partial charge in [0.1, 0.15) is 23.2 Å². The van der Waals surface area contributed by atoms with Crippen molar-refractivity contribution in [3.05, 3.63) is 95.1 Å². The van der Waals surface area contributed by atoms with E-state index < -0.39 is 38.3 Å². The van der Waals surface area contributed by atoms with Crippen molar-refractivity contribution in [2.24, 2.45) is 0 Å². The molecule has 0 aliphatic rings. The Balaban J connectivity index is 0.000000271. The molecule has 0 heterocycles. The minimum absolute atomic E-state index is 0.778. The van der Waals surface area contributed by atoms with Crippen molar-refractivity contribution in [3.63, 3.8) is 0 Å². The van der Waals surface area contributed by atoms with Gasteiger partial charge in [0, 0.05) is 0 Å². The second-order valence-corrected chi connectivity index (χ2v) is 14.3. The average Bonchev–Trinajstić information content (AvgIpc) is 2.80. The summed E-state index contributed by atoms with van der Waals surface area (Å²) in [5.74, 6) is 0. The van der Waals surface area contributed by atoms with Gasteiger partial charge in [0.2, 0.25) is 0 Å². The maximum absolute atomic E-state index is 11.4. The molecule has 0 fully saturated rings. The number of nitrogens with zero attached hydrogens (tertiary/aromatic N) is 1. The second-order valence-electron chi connectivity index (χ2n) is 7.05. The first-order valence-electron chi connectivity index (χ1n) is 10.0. The molecule has 0 spiro atoms. The van der Waals surface area contributed by atoms with Crippen LogP contribution in [0.3, 0.4) is 0 Å². The highest BCUT2D eigenvalue weighted by Crippen LogP contribution is 2.54. The molecule has 0 atom stereocenters. The molecule has 3 aromatic carbocycles. The van der Waals surface area contributed by atoms with Crippen molar-refractivity contribution in [2.75, 3.05) is 6.16 Å². The van der Waals surface area contributed by atoms with E-state index in [0.29, 0.717) is 0 Å². The Morgan fingerprint density at radius 2 is 0.833 bits per heavy atom. The van der Waals surface area contributed by atoms with E-state index in [1.54, 1.807) is 0 Å². The lowest BCUT2D eigenvalue weighted by molar-refractivity contribution is -0.0444. The summed E-state index contributed by atoms with van der Waals surface area (Å²) in [7, 11) is -15.0. The van der Waals surface area contributed by atoms with Gasteiger partial charge in [-0.1, -0.05) is 54.6 Å². The van der Waals surface area contributed by atoms with E-state index in [4.69, 9.17) is 0 Å². The highest BCUT2D eigenvalue weighted by atomic mass is 32.3. The summed E-state index contributed by atoms with van der Waals surface area (Å²) in [5.41, 5.74) is -12.4. The van der Waals surface area contributed by atoms with Crippen molar-refractivity contribution in [3.8, 4) is 0 Å². The zero-order valence-corrected chi connectivity index (χ0v) is 21.0. The quantitative estimate of drug-likeness (QED) is 0.306. The third-order valence-corrected chi connectivity index (χ3v) is 12.1. The molecule has 0 aliphatic carbocycles. The van der Waals surface area contributed by atoms with E-state index in [0.717, 1.165) is 10.3 Å². The SMILES string of the molecule is CC[P+](c1ccccc1)(c1ccccc1)c1ccccc1.O=S(=O)([N-]S(=O)(=O)C(F)(F)F)C(F)(F)F. The third-order valence-electron chi connectivity index (χ3n) is 4.85. The van der Waals surface area contributed by atoms with E-state index in [1.807, 2.05) is 0 Å². The summed E-state index contributed by atoms with van der Waals surface area (Å²) in [6.45, 7) is 2.32. The molecule has 0 unspecified atom stereocenters. The van der Waals surface area contributed by atoms with Gasteiger partial charge in [-0.3, -0.25) is 0 Å². The fourth-order valence-electron chi connectivity index (χ4n) is 3.26. The number of hydrogen-bond acceptors (Lipinski definition) is 4. The molecule has 0 saturated carbocycles. The van der Waals surface area contributed by atoms with Gasteiger partial charge >= 0.3 is 11.0 Å². The highest BCUT2D eigenvalue weighted by Gasteiger charge is 2.47. The van der Waals surface area contributed by atoms with Gasteiger partial charge in [0.25, 0.3) is 0 Å². The fraction of sp³-hybridized carbons (Fsp3) is 0.182. The molecule has 0 amide bonds. The number of benzene rings is 3. The molecule has 0 aromatic heterocycles. The van der Waals surface area contributed by atoms with Crippen molar-refractivity contribution in [2.45, 2.75) is 17.9 Å². The smallest absolute Gasteiger partial charge is 0.421 e. The molecule has 3 rings (SSSR count). The molecule has 14 heteroatoms. The fourth-order valence-corrected chi connectivity index (χ4v) is 9.00. The molecule has 0 aliphatic heterocycles. The first-order valence-corrected chi connectivity index (χ1v) is 14.9.